The number of hydrogen-bond acceptors (Lipinski definition) is 4. The van der Waals surface area contributed by atoms with Gasteiger partial charge in [0.25, 0.3) is 0 Å². The zero-order valence-electron chi connectivity index (χ0n) is 15.7. The highest BCUT2D eigenvalue weighted by Gasteiger charge is 2.36. The number of nitrogens with zero attached hydrogens (tertiary/aromatic N) is 2. The number of aliphatic hydroxyl groups excluding tert-OH is 1. The minimum absolute atomic E-state index is 0.0384. The van der Waals surface area contributed by atoms with Crippen LogP contribution in [-0.2, 0) is 11.4 Å². The summed E-state index contributed by atoms with van der Waals surface area (Å²) >= 11 is 0. The van der Waals surface area contributed by atoms with E-state index in [4.69, 9.17) is 0 Å². The number of aliphatic hydroxyl groups is 1. The molecule has 0 saturated carbocycles. The second-order valence-corrected chi connectivity index (χ2v) is 7.53. The van der Waals surface area contributed by atoms with Gasteiger partial charge in [-0.1, -0.05) is 19.9 Å². The number of hydrogen-bond donors (Lipinski definition) is 2. The summed E-state index contributed by atoms with van der Waals surface area (Å²) in [6, 6.07) is 4.87. The molecule has 2 N–H and O–H groups in total. The number of nitrogens with one attached hydrogen (secondary N) is 1. The first kappa shape index (κ1) is 19.7. The molecule has 0 bridgehead atoms. The number of carbonyl (C=O) groups excluding carboxylic acids is 1. The quantitative estimate of drug-likeness (QED) is 0.823. The smallest absolute Gasteiger partial charge is 0.239 e. The van der Waals surface area contributed by atoms with Crippen LogP contribution in [0.1, 0.15) is 33.3 Å². The van der Waals surface area contributed by atoms with Crippen molar-refractivity contribution in [2.75, 3.05) is 37.6 Å². The molecule has 1 saturated heterocycles. The van der Waals surface area contributed by atoms with Gasteiger partial charge in [0.15, 0.2) is 0 Å². The Morgan fingerprint density at radius 3 is 2.48 bits per heavy atom. The molecular formula is C19H30FN3O2. The number of benzene rings is 1. The first-order valence-electron chi connectivity index (χ1n) is 8.94. The lowest BCUT2D eigenvalue weighted by atomic mass is 9.99. The van der Waals surface area contributed by atoms with Gasteiger partial charge >= 0.3 is 0 Å². The largest absolute Gasteiger partial charge is 0.391 e. The highest BCUT2D eigenvalue weighted by Crippen LogP contribution is 2.26. The van der Waals surface area contributed by atoms with Crippen LogP contribution in [0, 0.1) is 11.7 Å². The first-order valence-corrected chi connectivity index (χ1v) is 8.94. The van der Waals surface area contributed by atoms with Gasteiger partial charge < -0.3 is 15.3 Å². The predicted molar refractivity (Wildman–Crippen MR) is 98.0 cm³/mol. The van der Waals surface area contributed by atoms with Crippen molar-refractivity contribution in [2.24, 2.45) is 5.92 Å². The molecule has 0 aromatic heterocycles. The molecule has 0 atom stereocenters. The van der Waals surface area contributed by atoms with Gasteiger partial charge in [-0.05, 0) is 31.9 Å². The molecule has 0 aliphatic carbocycles. The Morgan fingerprint density at radius 2 is 1.92 bits per heavy atom. The van der Waals surface area contributed by atoms with Crippen LogP contribution in [0.3, 0.4) is 0 Å². The SMILES string of the molecule is CC(C)CNC(=O)C(C)(C)N1CCN(c2cccc(F)c2CO)CC1. The molecule has 5 nitrogen and oxygen atoms in total. The number of carbonyl (C=O) groups is 1. The second-order valence-electron chi connectivity index (χ2n) is 7.53. The number of rotatable bonds is 6. The van der Waals surface area contributed by atoms with Crippen LogP contribution in [0.15, 0.2) is 18.2 Å². The highest BCUT2D eigenvalue weighted by molar-refractivity contribution is 5.85. The molecule has 1 fully saturated rings. The van der Waals surface area contributed by atoms with Gasteiger partial charge in [-0.15, -0.1) is 0 Å². The molecule has 1 aromatic carbocycles. The maximum atomic E-state index is 13.9. The van der Waals surface area contributed by atoms with Crippen molar-refractivity contribution < 1.29 is 14.3 Å². The van der Waals surface area contributed by atoms with Crippen LogP contribution >= 0.6 is 0 Å². The Bertz CT molecular complexity index is 596. The average molecular weight is 351 g/mol. The normalized spacial score (nSPS) is 16.4. The Balaban J connectivity index is 2.01. The molecule has 1 aliphatic heterocycles. The van der Waals surface area contributed by atoms with Gasteiger partial charge in [0, 0.05) is 44.0 Å². The van der Waals surface area contributed by atoms with E-state index in [9.17, 15) is 14.3 Å². The minimum atomic E-state index is -0.581. The monoisotopic (exact) mass is 351 g/mol. The Hall–Kier alpha value is -1.66. The molecule has 2 rings (SSSR count). The lowest BCUT2D eigenvalue weighted by Crippen LogP contribution is -2.61. The third-order valence-corrected chi connectivity index (χ3v) is 4.89. The Labute approximate surface area is 149 Å². The van der Waals surface area contributed by atoms with Crippen LogP contribution in [-0.4, -0.2) is 54.2 Å². The highest BCUT2D eigenvalue weighted by atomic mass is 19.1. The lowest BCUT2D eigenvalue weighted by Gasteiger charge is -2.44. The van der Waals surface area contributed by atoms with Gasteiger partial charge in [0.2, 0.25) is 5.91 Å². The zero-order chi connectivity index (χ0) is 18.6. The number of halogens is 1. The molecule has 6 heteroatoms. The molecule has 1 heterocycles. The lowest BCUT2D eigenvalue weighted by molar-refractivity contribution is -0.132. The van der Waals surface area contributed by atoms with Crippen molar-refractivity contribution in [3.8, 4) is 0 Å². The van der Waals surface area contributed by atoms with E-state index >= 15 is 0 Å². The van der Waals surface area contributed by atoms with E-state index in [1.807, 2.05) is 19.9 Å². The van der Waals surface area contributed by atoms with Gasteiger partial charge in [0.05, 0.1) is 12.1 Å². The van der Waals surface area contributed by atoms with E-state index in [1.165, 1.54) is 6.07 Å². The summed E-state index contributed by atoms with van der Waals surface area (Å²) < 4.78 is 13.9. The zero-order valence-corrected chi connectivity index (χ0v) is 15.7. The third kappa shape index (κ3) is 4.50. The van der Waals surface area contributed by atoms with E-state index in [0.717, 1.165) is 5.69 Å². The molecule has 1 aliphatic rings. The number of anilines is 1. The van der Waals surface area contributed by atoms with Crippen LogP contribution in [0.2, 0.25) is 0 Å². The summed E-state index contributed by atoms with van der Waals surface area (Å²) in [6.07, 6.45) is 0. The summed E-state index contributed by atoms with van der Waals surface area (Å²) in [5, 5.41) is 12.5. The van der Waals surface area contributed by atoms with Crippen molar-refractivity contribution in [1.29, 1.82) is 0 Å². The Morgan fingerprint density at radius 1 is 1.28 bits per heavy atom. The van der Waals surface area contributed by atoms with Gasteiger partial charge in [-0.3, -0.25) is 9.69 Å². The van der Waals surface area contributed by atoms with Crippen LogP contribution in [0.4, 0.5) is 10.1 Å². The van der Waals surface area contributed by atoms with E-state index in [2.05, 4.69) is 29.0 Å². The molecule has 25 heavy (non-hydrogen) atoms. The fourth-order valence-electron chi connectivity index (χ4n) is 3.16. The summed E-state index contributed by atoms with van der Waals surface area (Å²) in [6.45, 7) is 11.2. The minimum Gasteiger partial charge on any atom is -0.391 e. The summed E-state index contributed by atoms with van der Waals surface area (Å²) in [4.78, 5) is 16.8. The molecule has 0 spiro atoms. The van der Waals surface area contributed by atoms with Crippen LogP contribution in [0.5, 0.6) is 0 Å². The number of amides is 1. The van der Waals surface area contributed by atoms with E-state index in [-0.39, 0.29) is 18.3 Å². The molecule has 0 unspecified atom stereocenters. The fourth-order valence-corrected chi connectivity index (χ4v) is 3.16. The van der Waals surface area contributed by atoms with Crippen molar-refractivity contribution >= 4 is 11.6 Å². The summed E-state index contributed by atoms with van der Waals surface area (Å²) in [5.74, 6) is 0.0775. The molecule has 1 amide bonds. The topological polar surface area (TPSA) is 55.8 Å². The summed E-state index contributed by atoms with van der Waals surface area (Å²) in [5.41, 5.74) is 0.497. The van der Waals surface area contributed by atoms with Crippen LogP contribution < -0.4 is 10.2 Å². The number of piperazine rings is 1. The first-order chi connectivity index (χ1) is 11.8. The van der Waals surface area contributed by atoms with Crippen molar-refractivity contribution in [3.05, 3.63) is 29.6 Å². The van der Waals surface area contributed by atoms with Crippen molar-refractivity contribution in [1.82, 2.24) is 10.2 Å². The second kappa shape index (κ2) is 8.15. The Kier molecular flexibility index (Phi) is 6.41. The predicted octanol–water partition coefficient (Wildman–Crippen LogP) is 1.99. The van der Waals surface area contributed by atoms with Crippen molar-refractivity contribution in [3.63, 3.8) is 0 Å². The maximum Gasteiger partial charge on any atom is 0.239 e. The fraction of sp³-hybridized carbons (Fsp3) is 0.632. The molecular weight excluding hydrogens is 321 g/mol. The standard InChI is InChI=1S/C19H30FN3O2/c1-14(2)12-21-18(25)19(3,4)23-10-8-22(9-11-23)17-7-5-6-16(20)15(17)13-24/h5-7,14,24H,8-13H2,1-4H3,(H,21,25). The van der Waals surface area contributed by atoms with Gasteiger partial charge in [-0.25, -0.2) is 4.39 Å². The van der Waals surface area contributed by atoms with E-state index in [0.29, 0.717) is 44.2 Å². The molecule has 140 valence electrons. The van der Waals surface area contributed by atoms with Crippen LogP contribution in [0.25, 0.3) is 0 Å². The van der Waals surface area contributed by atoms with Gasteiger partial charge in [0.1, 0.15) is 5.82 Å². The molecule has 0 radical (unpaired) electrons. The average Bonchev–Trinajstić information content (AvgIpc) is 2.59. The van der Waals surface area contributed by atoms with E-state index < -0.39 is 5.54 Å². The van der Waals surface area contributed by atoms with E-state index in [1.54, 1.807) is 6.07 Å². The molecule has 1 aromatic rings. The van der Waals surface area contributed by atoms with Gasteiger partial charge in [-0.2, -0.15) is 0 Å². The van der Waals surface area contributed by atoms with Crippen molar-refractivity contribution in [2.45, 2.75) is 39.8 Å². The third-order valence-electron chi connectivity index (χ3n) is 4.89. The maximum absolute atomic E-state index is 13.9. The summed E-state index contributed by atoms with van der Waals surface area (Å²) in [7, 11) is 0.